The number of nitrogens with zero attached hydrogens (tertiary/aromatic N) is 5. The second kappa shape index (κ2) is 18.9. The number of benzene rings is 6. The second-order valence-corrected chi connectivity index (χ2v) is 16.1. The van der Waals surface area contributed by atoms with Gasteiger partial charge in [-0.3, -0.25) is 4.79 Å². The van der Waals surface area contributed by atoms with E-state index >= 15 is 0 Å². The minimum Gasteiger partial charge on any atom is -0.459 e. The fraction of sp³-hybridized carbons (Fsp3) is 0.250. The Labute approximate surface area is 363 Å². The lowest BCUT2D eigenvalue weighted by Crippen LogP contribution is -2.48. The van der Waals surface area contributed by atoms with Gasteiger partial charge in [0.25, 0.3) is 0 Å². The molecule has 1 aromatic heterocycles. The van der Waals surface area contributed by atoms with Crippen molar-refractivity contribution < 1.29 is 23.8 Å². The fourth-order valence-electron chi connectivity index (χ4n) is 8.50. The van der Waals surface area contributed by atoms with Gasteiger partial charge >= 0.3 is 5.97 Å². The van der Waals surface area contributed by atoms with Gasteiger partial charge in [-0.15, -0.1) is 5.10 Å². The van der Waals surface area contributed by atoms with Crippen LogP contribution < -0.4 is 0 Å². The van der Waals surface area contributed by atoms with Gasteiger partial charge in [-0.05, 0) is 62.2 Å². The Balaban J connectivity index is 1.14. The predicted octanol–water partition coefficient (Wildman–Crippen LogP) is 9.49. The van der Waals surface area contributed by atoms with Gasteiger partial charge in [-0.25, -0.2) is 9.48 Å². The van der Waals surface area contributed by atoms with Crippen LogP contribution in [-0.2, 0) is 42.5 Å². The quantitative estimate of drug-likeness (QED) is 0.0701. The molecule has 0 spiro atoms. The van der Waals surface area contributed by atoms with Crippen molar-refractivity contribution in [3.8, 4) is 22.5 Å². The summed E-state index contributed by atoms with van der Waals surface area (Å²) >= 11 is 0. The van der Waals surface area contributed by atoms with E-state index in [9.17, 15) is 9.59 Å². The van der Waals surface area contributed by atoms with Crippen LogP contribution in [0.2, 0.25) is 0 Å². The molecule has 8 rings (SSSR count). The molecule has 0 aliphatic carbocycles. The maximum absolute atomic E-state index is 14.2. The molecule has 1 aliphatic rings. The van der Waals surface area contributed by atoms with Crippen molar-refractivity contribution in [1.82, 2.24) is 25.1 Å². The molecule has 0 N–H and O–H groups in total. The van der Waals surface area contributed by atoms with E-state index < -0.39 is 23.3 Å². The smallest absolute Gasteiger partial charge is 0.329 e. The monoisotopic (exact) mass is 825 g/mol. The first-order valence-electron chi connectivity index (χ1n) is 21.2. The lowest BCUT2D eigenvalue weighted by molar-refractivity contribution is -0.163. The molecule has 1 unspecified atom stereocenters. The highest BCUT2D eigenvalue weighted by Crippen LogP contribution is 2.43. The Morgan fingerprint density at radius 1 is 0.694 bits per heavy atom. The van der Waals surface area contributed by atoms with Gasteiger partial charge in [0.15, 0.2) is 11.6 Å². The number of esters is 1. The molecule has 2 heterocycles. The zero-order valence-corrected chi connectivity index (χ0v) is 35.3. The summed E-state index contributed by atoms with van der Waals surface area (Å²) in [6, 6.07) is 56.0. The largest absolute Gasteiger partial charge is 0.459 e. The summed E-state index contributed by atoms with van der Waals surface area (Å²) in [6.45, 7) is 7.01. The fourth-order valence-corrected chi connectivity index (χ4v) is 8.50. The summed E-state index contributed by atoms with van der Waals surface area (Å²) in [5.41, 5.74) is 6.56. The Bertz CT molecular complexity index is 2450. The first kappa shape index (κ1) is 42.0. The third-order valence-corrected chi connectivity index (χ3v) is 11.6. The number of carbonyl (C=O) groups excluding carboxylic acids is 2. The first-order chi connectivity index (χ1) is 30.3. The average molecular weight is 826 g/mol. The number of aromatic nitrogens is 4. The number of hydrogen-bond donors (Lipinski definition) is 0. The number of hydrogen-bond acceptors (Lipinski definition) is 8. The van der Waals surface area contributed by atoms with Crippen molar-refractivity contribution in [2.45, 2.75) is 64.1 Å². The van der Waals surface area contributed by atoms with E-state index in [0.29, 0.717) is 25.5 Å². The van der Waals surface area contributed by atoms with Crippen molar-refractivity contribution in [3.05, 3.63) is 198 Å². The van der Waals surface area contributed by atoms with Crippen LogP contribution in [0.5, 0.6) is 0 Å². The van der Waals surface area contributed by atoms with Crippen molar-refractivity contribution in [2.24, 2.45) is 5.92 Å². The molecule has 0 saturated carbocycles. The van der Waals surface area contributed by atoms with E-state index in [-0.39, 0.29) is 31.4 Å². The molecule has 314 valence electrons. The molecule has 6 aromatic carbocycles. The third kappa shape index (κ3) is 8.84. The number of rotatable bonds is 16. The van der Waals surface area contributed by atoms with E-state index in [0.717, 1.165) is 44.5 Å². The SMILES string of the molecule is CC(C)C(C(=O)OCc1ccccc1)N(Cc1ccc(-c2ccccc2-c2nnnn2C(c2ccccc2)(c2ccccc2)c2ccccc2)cc1)C(=O)CCC1(C)OCCO1. The highest BCUT2D eigenvalue weighted by molar-refractivity contribution is 5.85. The Hall–Kier alpha value is -6.75. The summed E-state index contributed by atoms with van der Waals surface area (Å²) < 4.78 is 19.4. The van der Waals surface area contributed by atoms with E-state index in [1.165, 1.54) is 0 Å². The zero-order valence-electron chi connectivity index (χ0n) is 35.3. The molecule has 10 heteroatoms. The summed E-state index contributed by atoms with van der Waals surface area (Å²) in [5.74, 6) is -1.10. The van der Waals surface area contributed by atoms with Crippen LogP contribution in [-0.4, -0.2) is 62.0 Å². The molecule has 1 aliphatic heterocycles. The van der Waals surface area contributed by atoms with Crippen LogP contribution in [0, 0.1) is 5.92 Å². The molecular formula is C52H51N5O5. The molecule has 1 atom stereocenters. The maximum atomic E-state index is 14.2. The van der Waals surface area contributed by atoms with Crippen molar-refractivity contribution in [3.63, 3.8) is 0 Å². The summed E-state index contributed by atoms with van der Waals surface area (Å²) in [5, 5.41) is 13.8. The van der Waals surface area contributed by atoms with Gasteiger partial charge in [-0.1, -0.05) is 184 Å². The lowest BCUT2D eigenvalue weighted by Gasteiger charge is -2.36. The van der Waals surface area contributed by atoms with Gasteiger partial charge in [0.05, 0.1) is 13.2 Å². The van der Waals surface area contributed by atoms with Gasteiger partial charge < -0.3 is 19.1 Å². The summed E-state index contributed by atoms with van der Waals surface area (Å²) in [6.07, 6.45) is 0.504. The average Bonchev–Trinajstić information content (AvgIpc) is 3.99. The minimum atomic E-state index is -0.918. The molecule has 1 amide bonds. The van der Waals surface area contributed by atoms with Gasteiger partial charge in [0.1, 0.15) is 18.2 Å². The van der Waals surface area contributed by atoms with Crippen LogP contribution in [0.25, 0.3) is 22.5 Å². The standard InChI is InChI=1S/C52H51N5O5/c1-38(2)48(50(59)60-37-40-18-8-4-9-19-40)56(47(58)32-33-51(3)61-34-35-62-51)36-39-28-30-41(31-29-39)45-26-16-17-27-46(45)49-53-54-55-57(49)52(42-20-10-5-11-21-42,43-22-12-6-13-23-43)44-24-14-7-15-25-44/h4-31,38,48H,32-37H2,1-3H3. The van der Waals surface area contributed by atoms with E-state index in [1.807, 2.05) is 153 Å². The van der Waals surface area contributed by atoms with Gasteiger partial charge in [0.2, 0.25) is 5.91 Å². The van der Waals surface area contributed by atoms with Crippen molar-refractivity contribution in [1.29, 1.82) is 0 Å². The molecule has 7 aromatic rings. The van der Waals surface area contributed by atoms with E-state index in [1.54, 1.807) is 4.90 Å². The zero-order chi connectivity index (χ0) is 42.9. The van der Waals surface area contributed by atoms with E-state index in [4.69, 9.17) is 24.5 Å². The third-order valence-electron chi connectivity index (χ3n) is 11.6. The number of carbonyl (C=O) groups is 2. The van der Waals surface area contributed by atoms with Crippen molar-refractivity contribution >= 4 is 11.9 Å². The molecular weight excluding hydrogens is 775 g/mol. The highest BCUT2D eigenvalue weighted by Gasteiger charge is 2.42. The molecule has 1 fully saturated rings. The Morgan fingerprint density at radius 3 is 1.76 bits per heavy atom. The van der Waals surface area contributed by atoms with Crippen LogP contribution in [0.1, 0.15) is 61.4 Å². The number of amides is 1. The minimum absolute atomic E-state index is 0.116. The van der Waals surface area contributed by atoms with Crippen LogP contribution >= 0.6 is 0 Å². The van der Waals surface area contributed by atoms with Gasteiger partial charge in [-0.2, -0.15) is 0 Å². The summed E-state index contributed by atoms with van der Waals surface area (Å²) in [7, 11) is 0. The molecule has 0 bridgehead atoms. The van der Waals surface area contributed by atoms with Crippen LogP contribution in [0.15, 0.2) is 170 Å². The van der Waals surface area contributed by atoms with Crippen LogP contribution in [0.4, 0.5) is 0 Å². The summed E-state index contributed by atoms with van der Waals surface area (Å²) in [4.78, 5) is 29.8. The molecule has 0 radical (unpaired) electrons. The number of tetrazole rings is 1. The Morgan fingerprint density at radius 2 is 1.21 bits per heavy atom. The maximum Gasteiger partial charge on any atom is 0.329 e. The first-order valence-corrected chi connectivity index (χ1v) is 21.2. The molecule has 62 heavy (non-hydrogen) atoms. The lowest BCUT2D eigenvalue weighted by atomic mass is 9.77. The second-order valence-electron chi connectivity index (χ2n) is 16.1. The normalized spacial score (nSPS) is 14.1. The number of ether oxygens (including phenoxy) is 3. The molecule has 10 nitrogen and oxygen atoms in total. The molecule has 1 saturated heterocycles. The predicted molar refractivity (Wildman–Crippen MR) is 238 cm³/mol. The topological polar surface area (TPSA) is 109 Å². The van der Waals surface area contributed by atoms with Crippen molar-refractivity contribution in [2.75, 3.05) is 13.2 Å². The van der Waals surface area contributed by atoms with Crippen LogP contribution in [0.3, 0.4) is 0 Å². The van der Waals surface area contributed by atoms with Gasteiger partial charge in [0, 0.05) is 24.9 Å². The van der Waals surface area contributed by atoms with E-state index in [2.05, 4.69) is 47.7 Å². The Kier molecular flexibility index (Phi) is 12.8. The highest BCUT2D eigenvalue weighted by atomic mass is 16.7.